The molecule has 2 rings (SSSR count). The summed E-state index contributed by atoms with van der Waals surface area (Å²) in [5.41, 5.74) is 1.17. The van der Waals surface area contributed by atoms with Crippen molar-refractivity contribution in [3.63, 3.8) is 0 Å². The molecule has 0 aromatic heterocycles. The molecule has 0 aliphatic heterocycles. The van der Waals surface area contributed by atoms with Crippen molar-refractivity contribution in [2.24, 2.45) is 0 Å². The van der Waals surface area contributed by atoms with E-state index in [4.69, 9.17) is 20.6 Å². The van der Waals surface area contributed by atoms with Gasteiger partial charge in [0.2, 0.25) is 0 Å². The molecule has 0 aliphatic carbocycles. The highest BCUT2D eigenvalue weighted by Gasteiger charge is 2.29. The third-order valence-corrected chi connectivity index (χ3v) is 5.27. The Bertz CT molecular complexity index is 767. The lowest BCUT2D eigenvalue weighted by Crippen LogP contribution is -2.23. The minimum absolute atomic E-state index is 0.0451. The molecule has 0 atom stereocenters. The van der Waals surface area contributed by atoms with Crippen molar-refractivity contribution in [1.29, 1.82) is 0 Å². The van der Waals surface area contributed by atoms with E-state index in [1.165, 1.54) is 20.3 Å². The molecule has 1 amide bonds. The normalized spacial score (nSPS) is 12.0. The number of carbonyl (C=O) groups excluding carboxylic acids is 1. The Balaban J connectivity index is 2.38. The SMILES string of the molecule is COP(=O)(OC)/C(=C\c1ccc(Cl)cc1)NC(=O)c1ccccc1. The van der Waals surface area contributed by atoms with Crippen LogP contribution in [-0.2, 0) is 13.6 Å². The van der Waals surface area contributed by atoms with Gasteiger partial charge in [-0.05, 0) is 35.9 Å². The van der Waals surface area contributed by atoms with E-state index in [1.807, 2.05) is 0 Å². The summed E-state index contributed by atoms with van der Waals surface area (Å²) in [6.45, 7) is 0. The molecule has 5 nitrogen and oxygen atoms in total. The second kappa shape index (κ2) is 8.27. The van der Waals surface area contributed by atoms with Crippen molar-refractivity contribution in [1.82, 2.24) is 5.32 Å². The topological polar surface area (TPSA) is 64.6 Å². The third-order valence-electron chi connectivity index (χ3n) is 3.23. The van der Waals surface area contributed by atoms with Crippen LogP contribution in [0.3, 0.4) is 0 Å². The number of hydrogen-bond acceptors (Lipinski definition) is 4. The molecule has 2 aromatic carbocycles. The van der Waals surface area contributed by atoms with Crippen LogP contribution in [0.4, 0.5) is 0 Å². The number of nitrogens with one attached hydrogen (secondary N) is 1. The number of amides is 1. The molecule has 7 heteroatoms. The minimum Gasteiger partial charge on any atom is -0.315 e. The first-order valence-electron chi connectivity index (χ1n) is 7.04. The molecule has 24 heavy (non-hydrogen) atoms. The van der Waals surface area contributed by atoms with Gasteiger partial charge in [0, 0.05) is 24.8 Å². The van der Waals surface area contributed by atoms with Crippen LogP contribution in [0.1, 0.15) is 15.9 Å². The zero-order chi connectivity index (χ0) is 17.6. The maximum absolute atomic E-state index is 12.7. The average Bonchev–Trinajstić information content (AvgIpc) is 2.63. The van der Waals surface area contributed by atoms with Gasteiger partial charge in [-0.3, -0.25) is 9.36 Å². The fourth-order valence-corrected chi connectivity index (χ4v) is 3.16. The van der Waals surface area contributed by atoms with Gasteiger partial charge < -0.3 is 14.4 Å². The van der Waals surface area contributed by atoms with E-state index in [9.17, 15) is 9.36 Å². The summed E-state index contributed by atoms with van der Waals surface area (Å²) in [6, 6.07) is 15.4. The zero-order valence-electron chi connectivity index (χ0n) is 13.2. The van der Waals surface area contributed by atoms with E-state index in [0.717, 1.165) is 0 Å². The van der Waals surface area contributed by atoms with Crippen molar-refractivity contribution >= 4 is 31.2 Å². The third kappa shape index (κ3) is 4.56. The highest BCUT2D eigenvalue weighted by Crippen LogP contribution is 2.54. The van der Waals surface area contributed by atoms with Crippen molar-refractivity contribution in [3.8, 4) is 0 Å². The second-order valence-corrected chi connectivity index (χ2v) is 7.41. The monoisotopic (exact) mass is 365 g/mol. The first-order chi connectivity index (χ1) is 11.5. The highest BCUT2D eigenvalue weighted by atomic mass is 35.5. The Morgan fingerprint density at radius 1 is 1.04 bits per heavy atom. The van der Waals surface area contributed by atoms with E-state index >= 15 is 0 Å². The largest absolute Gasteiger partial charge is 0.376 e. The minimum atomic E-state index is -3.65. The van der Waals surface area contributed by atoms with Gasteiger partial charge in [0.1, 0.15) is 5.44 Å². The summed E-state index contributed by atoms with van der Waals surface area (Å²) in [6.07, 6.45) is 1.53. The molecule has 0 bridgehead atoms. The standard InChI is InChI=1S/C17H17ClNO4P/c1-22-24(21,23-2)16(12-13-8-10-15(18)11-9-13)19-17(20)14-6-4-3-5-7-14/h3-12H,1-2H3,(H,19,20)/b16-12-. The van der Waals surface area contributed by atoms with Crippen LogP contribution in [0, 0.1) is 0 Å². The van der Waals surface area contributed by atoms with Crippen LogP contribution in [0.25, 0.3) is 6.08 Å². The Morgan fingerprint density at radius 3 is 2.17 bits per heavy atom. The molecule has 0 saturated carbocycles. The summed E-state index contributed by atoms with van der Waals surface area (Å²) in [4.78, 5) is 12.4. The van der Waals surface area contributed by atoms with Crippen LogP contribution >= 0.6 is 19.2 Å². The van der Waals surface area contributed by atoms with Gasteiger partial charge in [-0.2, -0.15) is 0 Å². The number of carbonyl (C=O) groups is 1. The predicted octanol–water partition coefficient (Wildman–Crippen LogP) is 4.55. The number of hydrogen-bond donors (Lipinski definition) is 1. The van der Waals surface area contributed by atoms with Crippen molar-refractivity contribution in [2.45, 2.75) is 0 Å². The van der Waals surface area contributed by atoms with E-state index in [0.29, 0.717) is 16.1 Å². The summed E-state index contributed by atoms with van der Waals surface area (Å²) in [5.74, 6) is -0.412. The Kier molecular flexibility index (Phi) is 6.35. The first-order valence-corrected chi connectivity index (χ1v) is 8.96. The van der Waals surface area contributed by atoms with Crippen LogP contribution in [0.15, 0.2) is 60.0 Å². The number of halogens is 1. The van der Waals surface area contributed by atoms with Crippen molar-refractivity contribution < 1.29 is 18.4 Å². The van der Waals surface area contributed by atoms with Crippen LogP contribution in [0.2, 0.25) is 5.02 Å². The van der Waals surface area contributed by atoms with Gasteiger partial charge >= 0.3 is 7.60 Å². The van der Waals surface area contributed by atoms with Gasteiger partial charge in [0.05, 0.1) is 0 Å². The Hall–Kier alpha value is -1.91. The molecular formula is C17H17ClNO4P. The molecule has 0 aliphatic rings. The Labute approximate surface area is 145 Å². The van der Waals surface area contributed by atoms with E-state index in [2.05, 4.69) is 5.32 Å². The van der Waals surface area contributed by atoms with Crippen molar-refractivity contribution in [3.05, 3.63) is 76.2 Å². The fraction of sp³-hybridized carbons (Fsp3) is 0.118. The predicted molar refractivity (Wildman–Crippen MR) is 95.0 cm³/mol. The highest BCUT2D eigenvalue weighted by molar-refractivity contribution is 7.58. The van der Waals surface area contributed by atoms with Gasteiger partial charge in [-0.15, -0.1) is 0 Å². The smallest absolute Gasteiger partial charge is 0.315 e. The number of benzene rings is 2. The maximum Gasteiger partial charge on any atom is 0.376 e. The second-order valence-electron chi connectivity index (χ2n) is 4.76. The molecule has 0 heterocycles. The van der Waals surface area contributed by atoms with Gasteiger partial charge in [-0.25, -0.2) is 0 Å². The zero-order valence-corrected chi connectivity index (χ0v) is 14.9. The molecule has 0 spiro atoms. The fourth-order valence-electron chi connectivity index (χ4n) is 1.95. The molecule has 0 saturated heterocycles. The summed E-state index contributed by atoms with van der Waals surface area (Å²) in [5, 5.41) is 3.19. The van der Waals surface area contributed by atoms with E-state index in [1.54, 1.807) is 54.6 Å². The lowest BCUT2D eigenvalue weighted by atomic mass is 10.2. The van der Waals surface area contributed by atoms with Crippen LogP contribution in [0.5, 0.6) is 0 Å². The molecule has 1 N–H and O–H groups in total. The average molecular weight is 366 g/mol. The van der Waals surface area contributed by atoms with Gasteiger partial charge in [0.15, 0.2) is 0 Å². The number of rotatable bonds is 6. The first kappa shape index (κ1) is 18.4. The quantitative estimate of drug-likeness (QED) is 0.762. The maximum atomic E-state index is 12.7. The molecule has 0 radical (unpaired) electrons. The van der Waals surface area contributed by atoms with Gasteiger partial charge in [0.25, 0.3) is 5.91 Å². The van der Waals surface area contributed by atoms with E-state index < -0.39 is 13.5 Å². The molecule has 0 fully saturated rings. The van der Waals surface area contributed by atoms with Crippen molar-refractivity contribution in [2.75, 3.05) is 14.2 Å². The molecule has 126 valence electrons. The van der Waals surface area contributed by atoms with E-state index in [-0.39, 0.29) is 5.44 Å². The molecular weight excluding hydrogens is 349 g/mol. The summed E-state index contributed by atoms with van der Waals surface area (Å²) >= 11 is 5.86. The molecule has 0 unspecified atom stereocenters. The lowest BCUT2D eigenvalue weighted by Gasteiger charge is -2.18. The summed E-state index contributed by atoms with van der Waals surface area (Å²) < 4.78 is 22.7. The van der Waals surface area contributed by atoms with Crippen LogP contribution in [-0.4, -0.2) is 20.1 Å². The summed E-state index contributed by atoms with van der Waals surface area (Å²) in [7, 11) is -1.13. The molecule has 2 aromatic rings. The Morgan fingerprint density at radius 2 is 1.62 bits per heavy atom. The lowest BCUT2D eigenvalue weighted by molar-refractivity contribution is 0.0966. The van der Waals surface area contributed by atoms with Gasteiger partial charge in [-0.1, -0.05) is 41.9 Å². The van der Waals surface area contributed by atoms with Crippen LogP contribution < -0.4 is 5.32 Å².